The van der Waals surface area contributed by atoms with E-state index in [1.165, 1.54) is 0 Å². The van der Waals surface area contributed by atoms with Gasteiger partial charge in [0.15, 0.2) is 0 Å². The van der Waals surface area contributed by atoms with Crippen LogP contribution in [0.15, 0.2) is 22.9 Å². The number of anilines is 1. The first-order valence-electron chi connectivity index (χ1n) is 4.00. The Labute approximate surface area is 94.1 Å². The second kappa shape index (κ2) is 3.67. The van der Waals surface area contributed by atoms with E-state index in [-0.39, 0.29) is 0 Å². The van der Waals surface area contributed by atoms with Crippen LogP contribution >= 0.6 is 27.3 Å². The molecule has 2 heterocycles. The third kappa shape index (κ3) is 1.78. The van der Waals surface area contributed by atoms with Crippen LogP contribution in [0.2, 0.25) is 0 Å². The molecule has 14 heavy (non-hydrogen) atoms. The minimum Gasteiger partial charge on any atom is -0.383 e. The number of nitrogen functional groups attached to an aromatic ring is 1. The molecule has 0 amide bonds. The number of hydrogen-bond acceptors (Lipinski definition) is 4. The van der Waals surface area contributed by atoms with Gasteiger partial charge in [-0.1, -0.05) is 0 Å². The van der Waals surface area contributed by atoms with E-state index in [0.29, 0.717) is 5.82 Å². The molecule has 2 aromatic heterocycles. The topological polar surface area (TPSA) is 51.8 Å². The highest BCUT2D eigenvalue weighted by Crippen LogP contribution is 2.29. The van der Waals surface area contributed by atoms with Gasteiger partial charge in [0.25, 0.3) is 0 Å². The molecular formula is C9H8BrN3S. The Kier molecular flexibility index (Phi) is 2.52. The van der Waals surface area contributed by atoms with Crippen LogP contribution in [-0.2, 0) is 0 Å². The summed E-state index contributed by atoms with van der Waals surface area (Å²) in [5.41, 5.74) is 6.67. The van der Waals surface area contributed by atoms with Crippen LogP contribution in [0.25, 0.3) is 10.6 Å². The monoisotopic (exact) mass is 269 g/mol. The van der Waals surface area contributed by atoms with E-state index in [0.717, 1.165) is 19.9 Å². The van der Waals surface area contributed by atoms with E-state index < -0.39 is 0 Å². The Balaban J connectivity index is 2.49. The first-order valence-corrected chi connectivity index (χ1v) is 5.61. The average molecular weight is 270 g/mol. The van der Waals surface area contributed by atoms with Gasteiger partial charge in [0.05, 0.1) is 0 Å². The lowest BCUT2D eigenvalue weighted by Crippen LogP contribution is -1.86. The fourth-order valence-electron chi connectivity index (χ4n) is 1.06. The first kappa shape index (κ1) is 9.61. The largest absolute Gasteiger partial charge is 0.383 e. The summed E-state index contributed by atoms with van der Waals surface area (Å²) in [6.07, 6.45) is 3.52. The standard InChI is InChI=1S/C9H8BrN3S/c1-5-8(11)13-9(14-5)6-2-7(10)4-12-3-6/h2-4H,11H2,1H3. The Bertz CT molecular complexity index is 447. The van der Waals surface area contributed by atoms with E-state index in [9.17, 15) is 0 Å². The van der Waals surface area contributed by atoms with Gasteiger partial charge in [0.2, 0.25) is 0 Å². The summed E-state index contributed by atoms with van der Waals surface area (Å²) in [4.78, 5) is 9.38. The van der Waals surface area contributed by atoms with E-state index in [1.807, 2.05) is 13.0 Å². The smallest absolute Gasteiger partial charge is 0.138 e. The van der Waals surface area contributed by atoms with Gasteiger partial charge in [0, 0.05) is 27.3 Å². The third-order valence-corrected chi connectivity index (χ3v) is 3.25. The van der Waals surface area contributed by atoms with Crippen LogP contribution in [-0.4, -0.2) is 9.97 Å². The molecule has 2 aromatic rings. The molecule has 5 heteroatoms. The van der Waals surface area contributed by atoms with Gasteiger partial charge < -0.3 is 5.73 Å². The van der Waals surface area contributed by atoms with Crippen molar-refractivity contribution in [1.29, 1.82) is 0 Å². The number of thiazole rings is 1. The molecule has 0 bridgehead atoms. The van der Waals surface area contributed by atoms with E-state index in [2.05, 4.69) is 25.9 Å². The van der Waals surface area contributed by atoms with Gasteiger partial charge in [-0.3, -0.25) is 4.98 Å². The molecule has 0 saturated carbocycles. The molecule has 0 radical (unpaired) electrons. The summed E-state index contributed by atoms with van der Waals surface area (Å²) in [6, 6.07) is 1.98. The molecule has 0 aliphatic carbocycles. The van der Waals surface area contributed by atoms with E-state index >= 15 is 0 Å². The van der Waals surface area contributed by atoms with Crippen LogP contribution in [0.5, 0.6) is 0 Å². The minimum absolute atomic E-state index is 0.602. The second-order valence-corrected chi connectivity index (χ2v) is 4.97. The van der Waals surface area contributed by atoms with Crippen LogP contribution in [0.4, 0.5) is 5.82 Å². The number of hydrogen-bond donors (Lipinski definition) is 1. The molecule has 0 spiro atoms. The number of halogens is 1. The molecule has 0 atom stereocenters. The SMILES string of the molecule is Cc1sc(-c2cncc(Br)c2)nc1N. The summed E-state index contributed by atoms with van der Waals surface area (Å²) in [6.45, 7) is 1.96. The summed E-state index contributed by atoms with van der Waals surface area (Å²) in [5, 5.41) is 0.911. The van der Waals surface area contributed by atoms with E-state index in [1.54, 1.807) is 23.7 Å². The Morgan fingerprint density at radius 2 is 2.21 bits per heavy atom. The maximum Gasteiger partial charge on any atom is 0.138 e. The Hall–Kier alpha value is -0.940. The van der Waals surface area contributed by atoms with Gasteiger partial charge in [-0.15, -0.1) is 11.3 Å². The van der Waals surface area contributed by atoms with Crippen molar-refractivity contribution in [2.45, 2.75) is 6.92 Å². The quantitative estimate of drug-likeness (QED) is 0.866. The van der Waals surface area contributed by atoms with Crippen molar-refractivity contribution < 1.29 is 0 Å². The second-order valence-electron chi connectivity index (χ2n) is 2.85. The van der Waals surface area contributed by atoms with Crippen molar-refractivity contribution in [2.24, 2.45) is 0 Å². The summed E-state index contributed by atoms with van der Waals surface area (Å²) in [7, 11) is 0. The van der Waals surface area contributed by atoms with Crippen molar-refractivity contribution in [3.63, 3.8) is 0 Å². The number of rotatable bonds is 1. The summed E-state index contributed by atoms with van der Waals surface area (Å²) in [5.74, 6) is 0.602. The first-order chi connectivity index (χ1) is 6.66. The molecule has 0 saturated heterocycles. The summed E-state index contributed by atoms with van der Waals surface area (Å²) < 4.78 is 0.946. The van der Waals surface area contributed by atoms with Gasteiger partial charge in [-0.25, -0.2) is 4.98 Å². The van der Waals surface area contributed by atoms with Crippen LogP contribution < -0.4 is 5.73 Å². The number of nitrogens with two attached hydrogens (primary N) is 1. The average Bonchev–Trinajstić information content (AvgIpc) is 2.47. The van der Waals surface area contributed by atoms with E-state index in [4.69, 9.17) is 5.73 Å². The molecule has 2 N–H and O–H groups in total. The van der Waals surface area contributed by atoms with Crippen molar-refractivity contribution in [3.05, 3.63) is 27.8 Å². The highest BCUT2D eigenvalue weighted by Gasteiger charge is 2.06. The zero-order valence-corrected chi connectivity index (χ0v) is 9.89. The normalized spacial score (nSPS) is 10.4. The molecular weight excluding hydrogens is 262 g/mol. The van der Waals surface area contributed by atoms with Crippen LogP contribution in [0.3, 0.4) is 0 Å². The maximum atomic E-state index is 5.68. The molecule has 0 aromatic carbocycles. The van der Waals surface area contributed by atoms with Crippen molar-refractivity contribution in [2.75, 3.05) is 5.73 Å². The van der Waals surface area contributed by atoms with Crippen molar-refractivity contribution >= 4 is 33.1 Å². The molecule has 0 aliphatic heterocycles. The number of aromatic nitrogens is 2. The number of pyridine rings is 1. The number of aryl methyl sites for hydroxylation is 1. The fraction of sp³-hybridized carbons (Fsp3) is 0.111. The predicted octanol–water partition coefficient (Wildman–Crippen LogP) is 2.86. The lowest BCUT2D eigenvalue weighted by Gasteiger charge is -1.94. The fourth-order valence-corrected chi connectivity index (χ4v) is 2.24. The Morgan fingerprint density at radius 1 is 1.43 bits per heavy atom. The van der Waals surface area contributed by atoms with Gasteiger partial charge in [-0.05, 0) is 28.9 Å². The predicted molar refractivity (Wildman–Crippen MR) is 62.2 cm³/mol. The molecule has 3 nitrogen and oxygen atoms in total. The molecule has 0 unspecified atom stereocenters. The molecule has 0 fully saturated rings. The number of nitrogens with zero attached hydrogens (tertiary/aromatic N) is 2. The van der Waals surface area contributed by atoms with Crippen LogP contribution in [0, 0.1) is 6.92 Å². The maximum absolute atomic E-state index is 5.68. The summed E-state index contributed by atoms with van der Waals surface area (Å²) >= 11 is 4.95. The zero-order valence-electron chi connectivity index (χ0n) is 7.49. The molecule has 0 aliphatic rings. The molecule has 72 valence electrons. The highest BCUT2D eigenvalue weighted by molar-refractivity contribution is 9.10. The van der Waals surface area contributed by atoms with Crippen molar-refractivity contribution in [3.8, 4) is 10.6 Å². The van der Waals surface area contributed by atoms with Crippen molar-refractivity contribution in [1.82, 2.24) is 9.97 Å². The zero-order chi connectivity index (χ0) is 10.1. The van der Waals surface area contributed by atoms with Gasteiger partial charge in [-0.2, -0.15) is 0 Å². The third-order valence-electron chi connectivity index (χ3n) is 1.78. The lowest BCUT2D eigenvalue weighted by atomic mass is 10.3. The lowest BCUT2D eigenvalue weighted by molar-refractivity contribution is 1.29. The minimum atomic E-state index is 0.602. The van der Waals surface area contributed by atoms with Gasteiger partial charge >= 0.3 is 0 Å². The van der Waals surface area contributed by atoms with Crippen LogP contribution in [0.1, 0.15) is 4.88 Å². The van der Waals surface area contributed by atoms with Gasteiger partial charge in [0.1, 0.15) is 10.8 Å². The Morgan fingerprint density at radius 3 is 2.79 bits per heavy atom. The highest BCUT2D eigenvalue weighted by atomic mass is 79.9. The molecule has 2 rings (SSSR count).